The molecular weight excluding hydrogens is 270 g/mol. The van der Waals surface area contributed by atoms with Crippen molar-refractivity contribution in [1.29, 1.82) is 0 Å². The van der Waals surface area contributed by atoms with Crippen molar-refractivity contribution in [3.63, 3.8) is 0 Å². The van der Waals surface area contributed by atoms with E-state index in [9.17, 15) is 4.79 Å². The van der Waals surface area contributed by atoms with Crippen LogP contribution in [0.1, 0.15) is 18.4 Å². The average Bonchev–Trinajstić information content (AvgIpc) is 3.02. The number of rotatable bonds is 4. The van der Waals surface area contributed by atoms with Crippen molar-refractivity contribution in [3.8, 4) is 11.4 Å². The fraction of sp³-hybridized carbons (Fsp3) is 0.429. The summed E-state index contributed by atoms with van der Waals surface area (Å²) in [4.78, 5) is 13.3. The second kappa shape index (κ2) is 6.01. The predicted molar refractivity (Wildman–Crippen MR) is 75.3 cm³/mol. The smallest absolute Gasteiger partial charge is 0.307 e. The maximum Gasteiger partial charge on any atom is 0.307 e. The number of aromatic amines is 1. The molecule has 3 rings (SSSR count). The zero-order valence-corrected chi connectivity index (χ0v) is 11.6. The number of piperidine rings is 1. The third kappa shape index (κ3) is 3.25. The molecule has 7 nitrogen and oxygen atoms in total. The molecule has 21 heavy (non-hydrogen) atoms. The van der Waals surface area contributed by atoms with Gasteiger partial charge in [-0.15, -0.1) is 10.2 Å². The average molecular weight is 287 g/mol. The zero-order valence-electron chi connectivity index (χ0n) is 11.6. The van der Waals surface area contributed by atoms with E-state index in [0.29, 0.717) is 12.4 Å². The molecule has 0 amide bonds. The monoisotopic (exact) mass is 287 g/mol. The van der Waals surface area contributed by atoms with Crippen LogP contribution in [0.15, 0.2) is 24.3 Å². The van der Waals surface area contributed by atoms with E-state index in [4.69, 9.17) is 5.11 Å². The second-order valence-electron chi connectivity index (χ2n) is 5.35. The van der Waals surface area contributed by atoms with Gasteiger partial charge in [-0.2, -0.15) is 5.21 Å². The van der Waals surface area contributed by atoms with Crippen molar-refractivity contribution in [2.24, 2.45) is 5.92 Å². The van der Waals surface area contributed by atoms with E-state index < -0.39 is 5.97 Å². The Morgan fingerprint density at radius 2 is 2.38 bits per heavy atom. The van der Waals surface area contributed by atoms with Crippen LogP contribution in [0.4, 0.5) is 0 Å². The number of hydrogen-bond donors (Lipinski definition) is 2. The van der Waals surface area contributed by atoms with Crippen LogP contribution in [-0.2, 0) is 11.3 Å². The van der Waals surface area contributed by atoms with Gasteiger partial charge in [-0.1, -0.05) is 18.2 Å². The number of aromatic nitrogens is 4. The predicted octanol–water partition coefficient (Wildman–Crippen LogP) is 1.16. The van der Waals surface area contributed by atoms with Gasteiger partial charge in [-0.05, 0) is 36.2 Å². The van der Waals surface area contributed by atoms with Crippen molar-refractivity contribution in [3.05, 3.63) is 29.8 Å². The van der Waals surface area contributed by atoms with Gasteiger partial charge in [0, 0.05) is 18.7 Å². The lowest BCUT2D eigenvalue weighted by Gasteiger charge is -2.30. The van der Waals surface area contributed by atoms with E-state index in [2.05, 4.69) is 25.5 Å². The molecule has 0 radical (unpaired) electrons. The van der Waals surface area contributed by atoms with E-state index >= 15 is 0 Å². The van der Waals surface area contributed by atoms with Gasteiger partial charge in [0.2, 0.25) is 5.82 Å². The van der Waals surface area contributed by atoms with E-state index in [-0.39, 0.29) is 5.92 Å². The van der Waals surface area contributed by atoms with E-state index in [1.54, 1.807) is 0 Å². The molecule has 1 aromatic heterocycles. The van der Waals surface area contributed by atoms with Gasteiger partial charge >= 0.3 is 5.97 Å². The molecule has 2 heterocycles. The number of benzene rings is 1. The molecule has 110 valence electrons. The SMILES string of the molecule is O=C(O)C1CCCN(Cc2cccc(-c3nn[nH]n3)c2)C1. The van der Waals surface area contributed by atoms with Gasteiger partial charge in [-0.25, -0.2) is 0 Å². The number of carboxylic acid groups (broad SMARTS) is 1. The highest BCUT2D eigenvalue weighted by Crippen LogP contribution is 2.21. The topological polar surface area (TPSA) is 95.0 Å². The van der Waals surface area contributed by atoms with Crippen LogP contribution in [-0.4, -0.2) is 49.7 Å². The molecular formula is C14H17N5O2. The molecule has 1 aliphatic heterocycles. The molecule has 2 N–H and O–H groups in total. The summed E-state index contributed by atoms with van der Waals surface area (Å²) in [6, 6.07) is 7.95. The molecule has 1 aliphatic rings. The molecule has 0 aliphatic carbocycles. The second-order valence-corrected chi connectivity index (χ2v) is 5.35. The lowest BCUT2D eigenvalue weighted by molar-refractivity contribution is -0.143. The Kier molecular flexibility index (Phi) is 3.92. The first-order chi connectivity index (χ1) is 10.2. The minimum atomic E-state index is -0.694. The number of likely N-dealkylation sites (tertiary alicyclic amines) is 1. The van der Waals surface area contributed by atoms with Gasteiger partial charge in [0.15, 0.2) is 0 Å². The maximum atomic E-state index is 11.1. The minimum absolute atomic E-state index is 0.251. The van der Waals surface area contributed by atoms with Crippen LogP contribution in [0.5, 0.6) is 0 Å². The van der Waals surface area contributed by atoms with Gasteiger partial charge < -0.3 is 5.11 Å². The minimum Gasteiger partial charge on any atom is -0.481 e. The normalized spacial score (nSPS) is 19.5. The molecule has 1 atom stereocenters. The highest BCUT2D eigenvalue weighted by atomic mass is 16.4. The Bertz CT molecular complexity index is 614. The molecule has 0 bridgehead atoms. The number of tetrazole rings is 1. The van der Waals surface area contributed by atoms with Gasteiger partial charge in [0.05, 0.1) is 5.92 Å². The van der Waals surface area contributed by atoms with Crippen LogP contribution in [0.25, 0.3) is 11.4 Å². The first-order valence-electron chi connectivity index (χ1n) is 7.00. The Morgan fingerprint density at radius 1 is 1.48 bits per heavy atom. The van der Waals surface area contributed by atoms with Gasteiger partial charge in [-0.3, -0.25) is 9.69 Å². The Balaban J connectivity index is 1.70. The number of nitrogens with zero attached hydrogens (tertiary/aromatic N) is 4. The van der Waals surface area contributed by atoms with E-state index in [1.807, 2.05) is 24.3 Å². The van der Waals surface area contributed by atoms with Crippen molar-refractivity contribution in [1.82, 2.24) is 25.5 Å². The number of carbonyl (C=O) groups is 1. The van der Waals surface area contributed by atoms with Crippen LogP contribution < -0.4 is 0 Å². The van der Waals surface area contributed by atoms with Crippen LogP contribution >= 0.6 is 0 Å². The molecule has 1 unspecified atom stereocenters. The summed E-state index contributed by atoms with van der Waals surface area (Å²) in [6.45, 7) is 2.30. The summed E-state index contributed by atoms with van der Waals surface area (Å²) in [5, 5.41) is 23.1. The number of aliphatic carboxylic acids is 1. The zero-order chi connectivity index (χ0) is 14.7. The highest BCUT2D eigenvalue weighted by Gasteiger charge is 2.25. The van der Waals surface area contributed by atoms with Crippen LogP contribution in [0, 0.1) is 5.92 Å². The number of nitrogens with one attached hydrogen (secondary N) is 1. The van der Waals surface area contributed by atoms with E-state index in [1.165, 1.54) is 0 Å². The van der Waals surface area contributed by atoms with Crippen LogP contribution in [0.2, 0.25) is 0 Å². The molecule has 7 heteroatoms. The van der Waals surface area contributed by atoms with Crippen molar-refractivity contribution >= 4 is 5.97 Å². The third-order valence-electron chi connectivity index (χ3n) is 3.79. The third-order valence-corrected chi connectivity index (χ3v) is 3.79. The molecule has 1 fully saturated rings. The first kappa shape index (κ1) is 13.7. The highest BCUT2D eigenvalue weighted by molar-refractivity contribution is 5.70. The van der Waals surface area contributed by atoms with E-state index in [0.717, 1.165) is 37.1 Å². The maximum absolute atomic E-state index is 11.1. The van der Waals surface area contributed by atoms with Crippen molar-refractivity contribution in [2.45, 2.75) is 19.4 Å². The standard InChI is InChI=1S/C14H17N5O2/c20-14(21)12-5-2-6-19(9-12)8-10-3-1-4-11(7-10)13-15-17-18-16-13/h1,3-4,7,12H,2,5-6,8-9H2,(H,20,21)(H,15,16,17,18). The largest absolute Gasteiger partial charge is 0.481 e. The summed E-state index contributed by atoms with van der Waals surface area (Å²) in [6.07, 6.45) is 1.70. The van der Waals surface area contributed by atoms with Gasteiger partial charge in [0.1, 0.15) is 0 Å². The molecule has 1 saturated heterocycles. The molecule has 0 spiro atoms. The Labute approximate surface area is 122 Å². The number of carboxylic acids is 1. The van der Waals surface area contributed by atoms with Crippen LogP contribution in [0.3, 0.4) is 0 Å². The van der Waals surface area contributed by atoms with Crippen molar-refractivity contribution < 1.29 is 9.90 Å². The summed E-state index contributed by atoms with van der Waals surface area (Å²) in [7, 11) is 0. The lowest BCUT2D eigenvalue weighted by Crippen LogP contribution is -2.38. The summed E-state index contributed by atoms with van der Waals surface area (Å²) < 4.78 is 0. The summed E-state index contributed by atoms with van der Waals surface area (Å²) in [5.41, 5.74) is 2.04. The lowest BCUT2D eigenvalue weighted by atomic mass is 9.97. The Hall–Kier alpha value is -2.28. The molecule has 0 saturated carbocycles. The number of H-pyrrole nitrogens is 1. The van der Waals surface area contributed by atoms with Gasteiger partial charge in [0.25, 0.3) is 0 Å². The number of hydrogen-bond acceptors (Lipinski definition) is 5. The first-order valence-corrected chi connectivity index (χ1v) is 7.00. The van der Waals surface area contributed by atoms with Crippen molar-refractivity contribution in [2.75, 3.05) is 13.1 Å². The molecule has 1 aromatic carbocycles. The molecule has 2 aromatic rings. The quantitative estimate of drug-likeness (QED) is 0.876. The summed E-state index contributed by atoms with van der Waals surface area (Å²) in [5.74, 6) is -0.377. The fourth-order valence-electron chi connectivity index (χ4n) is 2.75. The Morgan fingerprint density at radius 3 is 3.14 bits per heavy atom. The summed E-state index contributed by atoms with van der Waals surface area (Å²) >= 11 is 0. The fourth-order valence-corrected chi connectivity index (χ4v) is 2.75.